The number of hydrogen-bond donors (Lipinski definition) is 2. The van der Waals surface area contributed by atoms with Gasteiger partial charge < -0.3 is 5.32 Å². The van der Waals surface area contributed by atoms with E-state index in [4.69, 9.17) is 0 Å². The summed E-state index contributed by atoms with van der Waals surface area (Å²) >= 11 is 3.98. The number of thioether (sulfide) groups is 2. The van der Waals surface area contributed by atoms with Gasteiger partial charge in [-0.25, -0.2) is 0 Å². The maximum atomic E-state index is 13.3. The van der Waals surface area contributed by atoms with Crippen LogP contribution < -0.4 is 10.6 Å². The Hall–Kier alpha value is -3.74. The van der Waals surface area contributed by atoms with Crippen LogP contribution in [0.15, 0.2) is 88.9 Å². The van der Waals surface area contributed by atoms with E-state index in [0.717, 1.165) is 27.7 Å². The first kappa shape index (κ1) is 26.3. The Morgan fingerprint density at radius 2 is 1.78 bits per heavy atom. The predicted molar refractivity (Wildman–Crippen MR) is 147 cm³/mol. The molecule has 0 saturated carbocycles. The van der Waals surface area contributed by atoms with Crippen molar-refractivity contribution in [1.29, 1.82) is 0 Å². The first-order valence-corrected chi connectivity index (χ1v) is 13.7. The third-order valence-electron chi connectivity index (χ3n) is 4.94. The van der Waals surface area contributed by atoms with Crippen LogP contribution >= 0.6 is 35.1 Å². The molecule has 3 aromatic carbocycles. The van der Waals surface area contributed by atoms with E-state index in [1.807, 2.05) is 43.3 Å². The Balaban J connectivity index is 1.50. The number of hydrogen-bond acceptors (Lipinski definition) is 9. The van der Waals surface area contributed by atoms with Gasteiger partial charge in [0.25, 0.3) is 11.6 Å². The molecule has 0 aliphatic carbocycles. The van der Waals surface area contributed by atoms with E-state index in [9.17, 15) is 19.7 Å². The minimum atomic E-state index is -0.576. The lowest BCUT2D eigenvalue weighted by Gasteiger charge is -2.16. The molecule has 1 atom stereocenters. The third-order valence-corrected chi connectivity index (χ3v) is 7.66. The molecule has 4 aromatic rings. The highest BCUT2D eigenvalue weighted by molar-refractivity contribution is 8.00. The van der Waals surface area contributed by atoms with Crippen LogP contribution in [-0.2, 0) is 4.79 Å². The molecule has 1 aromatic heterocycles. The summed E-state index contributed by atoms with van der Waals surface area (Å²) in [7, 11) is 0. The van der Waals surface area contributed by atoms with Crippen molar-refractivity contribution < 1.29 is 14.5 Å². The highest BCUT2D eigenvalue weighted by Crippen LogP contribution is 2.37. The molecule has 0 aliphatic heterocycles. The number of nitro groups is 1. The number of nitrogens with zero attached hydrogens (tertiary/aromatic N) is 3. The van der Waals surface area contributed by atoms with Gasteiger partial charge in [0.05, 0.1) is 4.92 Å². The van der Waals surface area contributed by atoms with Gasteiger partial charge >= 0.3 is 0 Å². The number of carbonyl (C=O) groups excluding carboxylic acids is 2. The molecule has 4 rings (SSSR count). The van der Waals surface area contributed by atoms with Crippen LogP contribution in [0.2, 0.25) is 0 Å². The first-order valence-electron chi connectivity index (χ1n) is 11.1. The Bertz CT molecular complexity index is 1400. The molecule has 0 radical (unpaired) electrons. The van der Waals surface area contributed by atoms with Gasteiger partial charge in [0.2, 0.25) is 16.2 Å². The van der Waals surface area contributed by atoms with Crippen molar-refractivity contribution in [1.82, 2.24) is 9.36 Å². The van der Waals surface area contributed by atoms with Crippen molar-refractivity contribution in [2.24, 2.45) is 0 Å². The Labute approximate surface area is 225 Å². The standard InChI is InChI=1S/C25H21N5O4S3/c1-2-35-25-28-24(37-29-25)27-23(32)21(16-7-4-3-5-8-16)36-20-10-6-9-18(15-20)26-22(31)17-11-13-19(14-12-17)30(33)34/h3-15,21H,2H2,1H3,(H,26,31)(H,27,28,29,32). The molecule has 12 heteroatoms. The van der Waals surface area contributed by atoms with Gasteiger partial charge in [-0.3, -0.25) is 25.0 Å². The Morgan fingerprint density at radius 3 is 2.49 bits per heavy atom. The zero-order valence-electron chi connectivity index (χ0n) is 19.5. The minimum absolute atomic E-state index is 0.0888. The van der Waals surface area contributed by atoms with Gasteiger partial charge in [-0.05, 0) is 41.6 Å². The molecule has 0 spiro atoms. The number of non-ortho nitro benzene ring substituents is 1. The zero-order valence-corrected chi connectivity index (χ0v) is 21.9. The topological polar surface area (TPSA) is 127 Å². The van der Waals surface area contributed by atoms with Crippen LogP contribution in [0.5, 0.6) is 0 Å². The van der Waals surface area contributed by atoms with Crippen LogP contribution in [0.4, 0.5) is 16.5 Å². The maximum absolute atomic E-state index is 13.3. The lowest BCUT2D eigenvalue weighted by atomic mass is 10.1. The molecule has 0 aliphatic rings. The van der Waals surface area contributed by atoms with E-state index in [1.165, 1.54) is 47.8 Å². The molecule has 0 bridgehead atoms. The van der Waals surface area contributed by atoms with Gasteiger partial charge in [0, 0.05) is 39.8 Å². The second-order valence-electron chi connectivity index (χ2n) is 7.50. The summed E-state index contributed by atoms with van der Waals surface area (Å²) < 4.78 is 4.25. The molecule has 1 unspecified atom stereocenters. The molecular weight excluding hydrogens is 531 g/mol. The van der Waals surface area contributed by atoms with Gasteiger partial charge in [-0.2, -0.15) is 9.36 Å². The number of nitro benzene ring substituents is 1. The van der Waals surface area contributed by atoms with Gasteiger partial charge in [-0.15, -0.1) is 11.8 Å². The number of carbonyl (C=O) groups is 2. The molecule has 2 amide bonds. The minimum Gasteiger partial charge on any atom is -0.322 e. The largest absolute Gasteiger partial charge is 0.322 e. The third kappa shape index (κ3) is 7.15. The van der Waals surface area contributed by atoms with Crippen molar-refractivity contribution in [3.8, 4) is 0 Å². The number of nitrogens with one attached hydrogen (secondary N) is 2. The number of amides is 2. The normalized spacial score (nSPS) is 11.5. The van der Waals surface area contributed by atoms with Gasteiger partial charge in [-0.1, -0.05) is 55.1 Å². The molecule has 9 nitrogen and oxygen atoms in total. The second kappa shape index (κ2) is 12.5. The van der Waals surface area contributed by atoms with E-state index in [1.54, 1.807) is 18.2 Å². The fraction of sp³-hybridized carbons (Fsp3) is 0.120. The maximum Gasteiger partial charge on any atom is 0.269 e. The van der Waals surface area contributed by atoms with Crippen LogP contribution in [0.25, 0.3) is 0 Å². The van der Waals surface area contributed by atoms with E-state index >= 15 is 0 Å². The summed E-state index contributed by atoms with van der Waals surface area (Å²) in [5, 5.41) is 17.0. The molecule has 1 heterocycles. The highest BCUT2D eigenvalue weighted by Gasteiger charge is 2.24. The van der Waals surface area contributed by atoms with Crippen LogP contribution in [-0.4, -0.2) is 31.8 Å². The van der Waals surface area contributed by atoms with Gasteiger partial charge in [0.15, 0.2) is 0 Å². The summed E-state index contributed by atoms with van der Waals surface area (Å²) in [6, 6.07) is 21.9. The number of benzene rings is 3. The molecule has 2 N–H and O–H groups in total. The van der Waals surface area contributed by atoms with Crippen molar-refractivity contribution in [3.05, 3.63) is 100 Å². The van der Waals surface area contributed by atoms with E-state index in [2.05, 4.69) is 20.0 Å². The molecule has 0 saturated heterocycles. The van der Waals surface area contributed by atoms with Crippen LogP contribution in [0.3, 0.4) is 0 Å². The average molecular weight is 552 g/mol. The SMILES string of the molecule is CCSc1nsc(NC(=O)C(Sc2cccc(NC(=O)c3ccc([N+](=O)[O-])cc3)c2)c2ccccc2)n1. The molecular formula is C25H21N5O4S3. The number of rotatable bonds is 10. The summed E-state index contributed by atoms with van der Waals surface area (Å²) in [6.45, 7) is 2.01. The lowest BCUT2D eigenvalue weighted by molar-refractivity contribution is -0.384. The van der Waals surface area contributed by atoms with Crippen LogP contribution in [0, 0.1) is 10.1 Å². The Kier molecular flexibility index (Phi) is 8.88. The van der Waals surface area contributed by atoms with Crippen molar-refractivity contribution >= 4 is 63.4 Å². The summed E-state index contributed by atoms with van der Waals surface area (Å²) in [4.78, 5) is 41.4. The number of aromatic nitrogens is 2. The lowest BCUT2D eigenvalue weighted by Crippen LogP contribution is -2.19. The quantitative estimate of drug-likeness (QED) is 0.134. The highest BCUT2D eigenvalue weighted by atomic mass is 32.2. The van der Waals surface area contributed by atoms with Crippen molar-refractivity contribution in [3.63, 3.8) is 0 Å². The van der Waals surface area contributed by atoms with E-state index < -0.39 is 16.1 Å². The van der Waals surface area contributed by atoms with E-state index in [0.29, 0.717) is 21.5 Å². The fourth-order valence-electron chi connectivity index (χ4n) is 3.24. The Morgan fingerprint density at radius 1 is 1.03 bits per heavy atom. The number of anilines is 2. The average Bonchev–Trinajstić information content (AvgIpc) is 3.35. The molecule has 188 valence electrons. The van der Waals surface area contributed by atoms with Crippen LogP contribution in [0.1, 0.15) is 28.1 Å². The summed E-state index contributed by atoms with van der Waals surface area (Å²) in [5.41, 5.74) is 1.56. The monoisotopic (exact) mass is 551 g/mol. The second-order valence-corrected chi connectivity index (χ2v) is 10.7. The first-order chi connectivity index (χ1) is 17.9. The van der Waals surface area contributed by atoms with Crippen molar-refractivity contribution in [2.45, 2.75) is 22.2 Å². The smallest absolute Gasteiger partial charge is 0.269 e. The van der Waals surface area contributed by atoms with E-state index in [-0.39, 0.29) is 11.6 Å². The van der Waals surface area contributed by atoms with Crippen molar-refractivity contribution in [2.75, 3.05) is 16.4 Å². The molecule has 37 heavy (non-hydrogen) atoms. The van der Waals surface area contributed by atoms with Gasteiger partial charge in [0.1, 0.15) is 5.25 Å². The summed E-state index contributed by atoms with van der Waals surface area (Å²) in [6.07, 6.45) is 0. The fourth-order valence-corrected chi connectivity index (χ4v) is 5.60. The zero-order chi connectivity index (χ0) is 26.2. The molecule has 0 fully saturated rings. The predicted octanol–water partition coefficient (Wildman–Crippen LogP) is 6.28. The summed E-state index contributed by atoms with van der Waals surface area (Å²) in [5.74, 6) is 0.205.